The fraction of sp³-hybridized carbons (Fsp3) is 0.263. The van der Waals surface area contributed by atoms with Crippen molar-refractivity contribution in [1.82, 2.24) is 0 Å². The van der Waals surface area contributed by atoms with E-state index in [0.717, 1.165) is 10.6 Å². The summed E-state index contributed by atoms with van der Waals surface area (Å²) in [6, 6.07) is 11.5. The zero-order chi connectivity index (χ0) is 20.9. The molecule has 0 aliphatic rings. The first-order chi connectivity index (χ1) is 13.2. The van der Waals surface area contributed by atoms with Crippen LogP contribution >= 0.6 is 0 Å². The number of benzene rings is 2. The number of sulfonamides is 1. The standard InChI is InChI=1S/C19H22N2O6S/c1-13(18(22)20-15-7-5-6-14(12-15)19(23)27-3)21(28(4,24)25)16-8-10-17(26-2)11-9-16/h5-13H,1-4H3,(H,20,22)/t13-/m0/s1. The van der Waals surface area contributed by atoms with E-state index in [1.54, 1.807) is 42.5 Å². The minimum Gasteiger partial charge on any atom is -0.497 e. The highest BCUT2D eigenvalue weighted by Gasteiger charge is 2.29. The van der Waals surface area contributed by atoms with Crippen LogP contribution in [-0.4, -0.2) is 46.8 Å². The number of hydrogen-bond donors (Lipinski definition) is 1. The molecular weight excluding hydrogens is 384 g/mol. The molecule has 2 aromatic rings. The molecule has 0 saturated heterocycles. The van der Waals surface area contributed by atoms with Gasteiger partial charge in [0.2, 0.25) is 15.9 Å². The third kappa shape index (κ3) is 5.01. The van der Waals surface area contributed by atoms with Crippen LogP contribution in [0.4, 0.5) is 11.4 Å². The van der Waals surface area contributed by atoms with Gasteiger partial charge >= 0.3 is 5.97 Å². The molecule has 0 unspecified atom stereocenters. The Balaban J connectivity index is 2.28. The SMILES string of the molecule is COC(=O)c1cccc(NC(=O)[C@H](C)N(c2ccc(OC)cc2)S(C)(=O)=O)c1. The van der Waals surface area contributed by atoms with Gasteiger partial charge in [-0.2, -0.15) is 0 Å². The van der Waals surface area contributed by atoms with Crippen LogP contribution in [0.3, 0.4) is 0 Å². The van der Waals surface area contributed by atoms with Crippen LogP contribution in [0.25, 0.3) is 0 Å². The number of amides is 1. The van der Waals surface area contributed by atoms with E-state index in [1.807, 2.05) is 0 Å². The Kier molecular flexibility index (Phi) is 6.63. The van der Waals surface area contributed by atoms with Gasteiger partial charge in [0.05, 0.1) is 31.7 Å². The summed E-state index contributed by atoms with van der Waals surface area (Å²) in [6.45, 7) is 1.48. The lowest BCUT2D eigenvalue weighted by molar-refractivity contribution is -0.116. The number of nitrogens with zero attached hydrogens (tertiary/aromatic N) is 1. The van der Waals surface area contributed by atoms with Crippen LogP contribution in [-0.2, 0) is 19.6 Å². The van der Waals surface area contributed by atoms with Gasteiger partial charge in [-0.1, -0.05) is 6.07 Å². The summed E-state index contributed by atoms with van der Waals surface area (Å²) >= 11 is 0. The van der Waals surface area contributed by atoms with E-state index in [2.05, 4.69) is 10.1 Å². The van der Waals surface area contributed by atoms with Gasteiger partial charge in [-0.25, -0.2) is 13.2 Å². The Morgan fingerprint density at radius 2 is 1.71 bits per heavy atom. The molecule has 8 nitrogen and oxygen atoms in total. The molecule has 150 valence electrons. The van der Waals surface area contributed by atoms with Crippen LogP contribution in [0, 0.1) is 0 Å². The summed E-state index contributed by atoms with van der Waals surface area (Å²) in [5, 5.41) is 2.63. The Hall–Kier alpha value is -3.07. The lowest BCUT2D eigenvalue weighted by atomic mass is 10.2. The number of hydrogen-bond acceptors (Lipinski definition) is 6. The maximum Gasteiger partial charge on any atom is 0.337 e. The fourth-order valence-electron chi connectivity index (χ4n) is 2.63. The highest BCUT2D eigenvalue weighted by molar-refractivity contribution is 7.92. The summed E-state index contributed by atoms with van der Waals surface area (Å²) < 4.78 is 35.4. The largest absolute Gasteiger partial charge is 0.497 e. The monoisotopic (exact) mass is 406 g/mol. The maximum absolute atomic E-state index is 12.7. The van der Waals surface area contributed by atoms with E-state index >= 15 is 0 Å². The van der Waals surface area contributed by atoms with Crippen molar-refractivity contribution in [3.05, 3.63) is 54.1 Å². The first-order valence-corrected chi connectivity index (χ1v) is 10.1. The molecule has 0 aromatic heterocycles. The summed E-state index contributed by atoms with van der Waals surface area (Å²) in [5.74, 6) is -0.530. The Morgan fingerprint density at radius 3 is 2.25 bits per heavy atom. The van der Waals surface area contributed by atoms with Crippen molar-refractivity contribution in [2.75, 3.05) is 30.1 Å². The third-order valence-corrected chi connectivity index (χ3v) is 5.21. The number of carbonyl (C=O) groups is 2. The molecule has 0 fully saturated rings. The number of carbonyl (C=O) groups excluding carboxylic acids is 2. The molecule has 0 bridgehead atoms. The Bertz CT molecular complexity index is 957. The molecular formula is C19H22N2O6S. The predicted molar refractivity (Wildman–Crippen MR) is 106 cm³/mol. The van der Waals surface area contributed by atoms with Gasteiger partial charge in [0, 0.05) is 5.69 Å². The molecule has 2 rings (SSSR count). The molecule has 1 amide bonds. The minimum atomic E-state index is -3.74. The fourth-order valence-corrected chi connectivity index (χ4v) is 3.80. The number of nitrogens with one attached hydrogen (secondary N) is 1. The average molecular weight is 406 g/mol. The van der Waals surface area contributed by atoms with Gasteiger partial charge in [0.25, 0.3) is 0 Å². The van der Waals surface area contributed by atoms with Crippen LogP contribution in [0.1, 0.15) is 17.3 Å². The second-order valence-electron chi connectivity index (χ2n) is 5.99. The zero-order valence-electron chi connectivity index (χ0n) is 16.0. The van der Waals surface area contributed by atoms with E-state index in [4.69, 9.17) is 4.74 Å². The van der Waals surface area contributed by atoms with Crippen molar-refractivity contribution in [1.29, 1.82) is 0 Å². The molecule has 0 radical (unpaired) electrons. The highest BCUT2D eigenvalue weighted by atomic mass is 32.2. The number of ether oxygens (including phenoxy) is 2. The van der Waals surface area contributed by atoms with Gasteiger partial charge in [0.1, 0.15) is 11.8 Å². The summed E-state index contributed by atoms with van der Waals surface area (Å²) in [6.07, 6.45) is 1.03. The molecule has 0 heterocycles. The smallest absolute Gasteiger partial charge is 0.337 e. The lowest BCUT2D eigenvalue weighted by Crippen LogP contribution is -2.45. The quantitative estimate of drug-likeness (QED) is 0.708. The Labute approximate surface area is 164 Å². The molecule has 1 N–H and O–H groups in total. The summed E-state index contributed by atoms with van der Waals surface area (Å²) in [5.41, 5.74) is 0.945. The van der Waals surface area contributed by atoms with Crippen LogP contribution < -0.4 is 14.4 Å². The molecule has 0 spiro atoms. The first-order valence-electron chi connectivity index (χ1n) is 8.30. The van der Waals surface area contributed by atoms with E-state index in [0.29, 0.717) is 17.1 Å². The van der Waals surface area contributed by atoms with Gasteiger partial charge < -0.3 is 14.8 Å². The molecule has 0 saturated carbocycles. The number of anilines is 2. The third-order valence-electron chi connectivity index (χ3n) is 3.97. The summed E-state index contributed by atoms with van der Waals surface area (Å²) in [4.78, 5) is 24.3. The normalized spacial score (nSPS) is 12.0. The molecule has 28 heavy (non-hydrogen) atoms. The van der Waals surface area contributed by atoms with E-state index in [-0.39, 0.29) is 5.56 Å². The van der Waals surface area contributed by atoms with E-state index in [1.165, 1.54) is 27.2 Å². The summed E-state index contributed by atoms with van der Waals surface area (Å²) in [7, 11) is -0.982. The average Bonchev–Trinajstić information content (AvgIpc) is 2.67. The van der Waals surface area contributed by atoms with Crippen LogP contribution in [0.15, 0.2) is 48.5 Å². The van der Waals surface area contributed by atoms with Gasteiger partial charge in [-0.15, -0.1) is 0 Å². The van der Waals surface area contributed by atoms with Crippen molar-refractivity contribution < 1.29 is 27.5 Å². The molecule has 9 heteroatoms. The zero-order valence-corrected chi connectivity index (χ0v) is 16.8. The molecule has 0 aliphatic heterocycles. The van der Waals surface area contributed by atoms with Crippen LogP contribution in [0.2, 0.25) is 0 Å². The van der Waals surface area contributed by atoms with E-state index < -0.39 is 27.9 Å². The highest BCUT2D eigenvalue weighted by Crippen LogP contribution is 2.24. The van der Waals surface area contributed by atoms with Crippen molar-refractivity contribution in [3.8, 4) is 5.75 Å². The predicted octanol–water partition coefficient (Wildman–Crippen LogP) is 2.28. The van der Waals surface area contributed by atoms with E-state index in [9.17, 15) is 18.0 Å². The van der Waals surface area contributed by atoms with Gasteiger partial charge in [-0.3, -0.25) is 9.10 Å². The van der Waals surface area contributed by atoms with Crippen molar-refractivity contribution in [3.63, 3.8) is 0 Å². The number of rotatable bonds is 7. The Morgan fingerprint density at radius 1 is 1.07 bits per heavy atom. The minimum absolute atomic E-state index is 0.267. The van der Waals surface area contributed by atoms with Gasteiger partial charge in [-0.05, 0) is 49.4 Å². The van der Waals surface area contributed by atoms with Crippen LogP contribution in [0.5, 0.6) is 5.75 Å². The molecule has 0 aliphatic carbocycles. The number of esters is 1. The first kappa shape index (κ1) is 21.2. The van der Waals surface area contributed by atoms with Crippen molar-refractivity contribution in [2.24, 2.45) is 0 Å². The van der Waals surface area contributed by atoms with Gasteiger partial charge in [0.15, 0.2) is 0 Å². The second-order valence-corrected chi connectivity index (χ2v) is 7.85. The lowest BCUT2D eigenvalue weighted by Gasteiger charge is -2.28. The maximum atomic E-state index is 12.7. The van der Waals surface area contributed by atoms with Crippen molar-refractivity contribution in [2.45, 2.75) is 13.0 Å². The molecule has 1 atom stereocenters. The van der Waals surface area contributed by atoms with Crippen molar-refractivity contribution >= 4 is 33.3 Å². The molecule has 2 aromatic carbocycles. The number of methoxy groups -OCH3 is 2. The topological polar surface area (TPSA) is 102 Å². The second kappa shape index (κ2) is 8.75.